The molecule has 0 saturated carbocycles. The molecule has 0 aliphatic carbocycles. The summed E-state index contributed by atoms with van der Waals surface area (Å²) < 4.78 is 1.40. The van der Waals surface area contributed by atoms with E-state index >= 15 is 0 Å². The zero-order valence-corrected chi connectivity index (χ0v) is 11.4. The standard InChI is InChI=1S/C13H12ClN5O/c1-7(15)12-17-11-8(3-2-4-9(11)14)13(20)19(12)10-5-6-16-18-10/h2-7H,15H2,1H3,(H,16,18). The van der Waals surface area contributed by atoms with Crippen LogP contribution in [0, 0.1) is 0 Å². The van der Waals surface area contributed by atoms with E-state index < -0.39 is 6.04 Å². The van der Waals surface area contributed by atoms with Crippen LogP contribution in [0.1, 0.15) is 18.8 Å². The van der Waals surface area contributed by atoms with Gasteiger partial charge in [-0.15, -0.1) is 0 Å². The van der Waals surface area contributed by atoms with Crippen LogP contribution in [0.5, 0.6) is 0 Å². The van der Waals surface area contributed by atoms with E-state index in [1.54, 1.807) is 37.4 Å². The predicted octanol–water partition coefficient (Wildman–Crippen LogP) is 1.78. The number of aromatic nitrogens is 4. The maximum atomic E-state index is 12.7. The lowest BCUT2D eigenvalue weighted by molar-refractivity contribution is 0.688. The number of halogens is 1. The topological polar surface area (TPSA) is 89.6 Å². The molecule has 3 aromatic rings. The highest BCUT2D eigenvalue weighted by Crippen LogP contribution is 2.21. The smallest absolute Gasteiger partial charge is 0.267 e. The molecule has 0 spiro atoms. The SMILES string of the molecule is CC(N)c1nc2c(Cl)cccc2c(=O)n1-c1cc[nH]n1. The summed E-state index contributed by atoms with van der Waals surface area (Å²) in [4.78, 5) is 17.1. The van der Waals surface area contributed by atoms with E-state index in [2.05, 4.69) is 15.2 Å². The molecule has 1 unspecified atom stereocenters. The van der Waals surface area contributed by atoms with Crippen molar-refractivity contribution < 1.29 is 0 Å². The number of H-pyrrole nitrogens is 1. The molecule has 20 heavy (non-hydrogen) atoms. The van der Waals surface area contributed by atoms with E-state index in [0.29, 0.717) is 27.6 Å². The summed E-state index contributed by atoms with van der Waals surface area (Å²) in [5, 5.41) is 7.57. The maximum Gasteiger partial charge on any atom is 0.267 e. The summed E-state index contributed by atoms with van der Waals surface area (Å²) >= 11 is 6.11. The van der Waals surface area contributed by atoms with Crippen molar-refractivity contribution >= 4 is 22.5 Å². The van der Waals surface area contributed by atoms with Crippen LogP contribution < -0.4 is 11.3 Å². The van der Waals surface area contributed by atoms with Crippen molar-refractivity contribution in [1.82, 2.24) is 19.7 Å². The molecule has 0 saturated heterocycles. The van der Waals surface area contributed by atoms with Gasteiger partial charge in [-0.25, -0.2) is 9.55 Å². The number of hydrogen-bond donors (Lipinski definition) is 2. The van der Waals surface area contributed by atoms with Gasteiger partial charge in [0.25, 0.3) is 5.56 Å². The number of rotatable bonds is 2. The number of benzene rings is 1. The number of nitrogens with zero attached hydrogens (tertiary/aromatic N) is 3. The summed E-state index contributed by atoms with van der Waals surface area (Å²) in [6, 6.07) is 6.35. The first kappa shape index (κ1) is 12.8. The molecule has 0 aliphatic rings. The third-order valence-corrected chi connectivity index (χ3v) is 3.30. The molecule has 1 atom stereocenters. The van der Waals surface area contributed by atoms with Crippen LogP contribution in [-0.2, 0) is 0 Å². The summed E-state index contributed by atoms with van der Waals surface area (Å²) in [5.41, 5.74) is 6.15. The zero-order valence-electron chi connectivity index (χ0n) is 10.7. The second-order valence-corrected chi connectivity index (χ2v) is 4.87. The van der Waals surface area contributed by atoms with Crippen LogP contribution in [-0.4, -0.2) is 19.7 Å². The summed E-state index contributed by atoms with van der Waals surface area (Å²) in [5.74, 6) is 0.874. The Morgan fingerprint density at radius 3 is 2.85 bits per heavy atom. The van der Waals surface area contributed by atoms with Gasteiger partial charge in [0.05, 0.1) is 22.0 Å². The van der Waals surface area contributed by atoms with Gasteiger partial charge in [-0.1, -0.05) is 17.7 Å². The Bertz CT molecular complexity index is 823. The first-order valence-electron chi connectivity index (χ1n) is 6.06. The van der Waals surface area contributed by atoms with Crippen LogP contribution in [0.25, 0.3) is 16.7 Å². The Hall–Kier alpha value is -2.18. The monoisotopic (exact) mass is 289 g/mol. The highest BCUT2D eigenvalue weighted by molar-refractivity contribution is 6.34. The fourth-order valence-electron chi connectivity index (χ4n) is 2.09. The number of hydrogen-bond acceptors (Lipinski definition) is 4. The fourth-order valence-corrected chi connectivity index (χ4v) is 2.31. The van der Waals surface area contributed by atoms with Crippen LogP contribution in [0.15, 0.2) is 35.3 Å². The molecule has 0 aliphatic heterocycles. The van der Waals surface area contributed by atoms with Crippen molar-refractivity contribution in [2.45, 2.75) is 13.0 Å². The number of aromatic amines is 1. The zero-order chi connectivity index (χ0) is 14.3. The minimum absolute atomic E-state index is 0.239. The van der Waals surface area contributed by atoms with Crippen molar-refractivity contribution in [1.29, 1.82) is 0 Å². The molecule has 7 heteroatoms. The lowest BCUT2D eigenvalue weighted by Gasteiger charge is -2.14. The Morgan fingerprint density at radius 2 is 2.20 bits per heavy atom. The molecule has 0 radical (unpaired) electrons. The molecule has 3 N–H and O–H groups in total. The van der Waals surface area contributed by atoms with Crippen molar-refractivity contribution in [3.63, 3.8) is 0 Å². The Labute approximate surface area is 119 Å². The van der Waals surface area contributed by atoms with E-state index in [-0.39, 0.29) is 5.56 Å². The summed E-state index contributed by atoms with van der Waals surface area (Å²) in [7, 11) is 0. The average Bonchev–Trinajstić information content (AvgIpc) is 2.93. The molecule has 2 aromatic heterocycles. The van der Waals surface area contributed by atoms with E-state index in [1.165, 1.54) is 4.57 Å². The van der Waals surface area contributed by atoms with E-state index in [9.17, 15) is 4.79 Å². The first-order chi connectivity index (χ1) is 9.59. The molecule has 1 aromatic carbocycles. The van der Waals surface area contributed by atoms with Gasteiger partial charge in [-0.3, -0.25) is 9.89 Å². The van der Waals surface area contributed by atoms with E-state index in [1.807, 2.05) is 0 Å². The highest BCUT2D eigenvalue weighted by atomic mass is 35.5. The summed E-state index contributed by atoms with van der Waals surface area (Å²) in [6.07, 6.45) is 1.63. The molecule has 102 valence electrons. The van der Waals surface area contributed by atoms with Crippen LogP contribution in [0.4, 0.5) is 0 Å². The van der Waals surface area contributed by atoms with Gasteiger partial charge in [0.1, 0.15) is 5.82 Å². The van der Waals surface area contributed by atoms with Crippen LogP contribution >= 0.6 is 11.6 Å². The van der Waals surface area contributed by atoms with Crippen LogP contribution in [0.2, 0.25) is 5.02 Å². The van der Waals surface area contributed by atoms with Crippen molar-refractivity contribution in [2.24, 2.45) is 5.73 Å². The first-order valence-corrected chi connectivity index (χ1v) is 6.44. The molecule has 0 fully saturated rings. The van der Waals surface area contributed by atoms with Crippen LogP contribution in [0.3, 0.4) is 0 Å². The number of para-hydroxylation sites is 1. The molecule has 6 nitrogen and oxygen atoms in total. The predicted molar refractivity (Wildman–Crippen MR) is 77.1 cm³/mol. The lowest BCUT2D eigenvalue weighted by Crippen LogP contribution is -2.27. The lowest BCUT2D eigenvalue weighted by atomic mass is 10.2. The van der Waals surface area contributed by atoms with Gasteiger partial charge in [-0.05, 0) is 19.1 Å². The molecular weight excluding hydrogens is 278 g/mol. The minimum atomic E-state index is -0.430. The molecule has 0 amide bonds. The molecule has 0 bridgehead atoms. The van der Waals surface area contributed by atoms with Gasteiger partial charge < -0.3 is 5.73 Å². The minimum Gasteiger partial charge on any atom is -0.322 e. The summed E-state index contributed by atoms with van der Waals surface area (Å²) in [6.45, 7) is 1.76. The van der Waals surface area contributed by atoms with Crippen molar-refractivity contribution in [3.05, 3.63) is 51.7 Å². The molecule has 2 heterocycles. The van der Waals surface area contributed by atoms with E-state index in [4.69, 9.17) is 17.3 Å². The van der Waals surface area contributed by atoms with Gasteiger partial charge in [0.2, 0.25) is 0 Å². The second-order valence-electron chi connectivity index (χ2n) is 4.47. The number of nitrogens with two attached hydrogens (primary N) is 1. The molecular formula is C13H12ClN5O. The highest BCUT2D eigenvalue weighted by Gasteiger charge is 2.17. The number of nitrogens with one attached hydrogen (secondary N) is 1. The quantitative estimate of drug-likeness (QED) is 0.752. The van der Waals surface area contributed by atoms with Gasteiger partial charge in [0, 0.05) is 12.3 Å². The fraction of sp³-hybridized carbons (Fsp3) is 0.154. The van der Waals surface area contributed by atoms with Gasteiger partial charge in [0.15, 0.2) is 5.82 Å². The average molecular weight is 290 g/mol. The van der Waals surface area contributed by atoms with Gasteiger partial charge >= 0.3 is 0 Å². The third-order valence-electron chi connectivity index (χ3n) is 3.00. The van der Waals surface area contributed by atoms with E-state index in [0.717, 1.165) is 0 Å². The Morgan fingerprint density at radius 1 is 1.40 bits per heavy atom. The third kappa shape index (κ3) is 1.90. The molecule has 3 rings (SSSR count). The number of fused-ring (bicyclic) bond motifs is 1. The second kappa shape index (κ2) is 4.73. The Balaban J connectivity index is 2.47. The maximum absolute atomic E-state index is 12.7. The van der Waals surface area contributed by atoms with Crippen molar-refractivity contribution in [2.75, 3.05) is 0 Å². The normalized spacial score (nSPS) is 12.8. The Kier molecular flexibility index (Phi) is 3.04. The largest absolute Gasteiger partial charge is 0.322 e. The van der Waals surface area contributed by atoms with Gasteiger partial charge in [-0.2, -0.15) is 5.10 Å². The van der Waals surface area contributed by atoms with Crippen molar-refractivity contribution in [3.8, 4) is 5.82 Å².